The fourth-order valence-electron chi connectivity index (χ4n) is 7.64. The third kappa shape index (κ3) is 14.7. The fraction of sp³-hybridized carbons (Fsp3) is 0. The molecule has 0 fully saturated rings. The summed E-state index contributed by atoms with van der Waals surface area (Å²) in [4.78, 5) is 26.4. The van der Waals surface area contributed by atoms with E-state index in [1.54, 1.807) is 36.7 Å². The number of sulfonamides is 4. The number of H-pyrrole nitrogens is 2. The molecule has 6 heterocycles. The molecule has 0 unspecified atom stereocenters. The molecule has 0 amide bonds. The van der Waals surface area contributed by atoms with Crippen molar-refractivity contribution in [3.05, 3.63) is 176 Å². The van der Waals surface area contributed by atoms with Gasteiger partial charge >= 0.3 is 0 Å². The average molecular weight is 1220 g/mol. The predicted octanol–water partition coefficient (Wildman–Crippen LogP) is 6.37. The Labute approximate surface area is 482 Å². The number of para-hydroxylation sites is 2. The van der Waals surface area contributed by atoms with Gasteiger partial charge in [-0.15, -0.1) is 0 Å². The van der Waals surface area contributed by atoms with E-state index in [1.165, 1.54) is 79.0 Å². The number of aromatic nitrogens is 11. The third-order valence-electron chi connectivity index (χ3n) is 11.7. The molecule has 0 atom stereocenters. The monoisotopic (exact) mass is 1220 g/mol. The second-order valence-electron chi connectivity index (χ2n) is 17.8. The van der Waals surface area contributed by atoms with Gasteiger partial charge in [0.25, 0.3) is 5.71 Å². The van der Waals surface area contributed by atoms with Crippen LogP contribution in [0, 0.1) is 0 Å². The zero-order valence-electron chi connectivity index (χ0n) is 43.4. The molecule has 12 aromatic rings. The lowest BCUT2D eigenvalue weighted by atomic mass is 10.3. The van der Waals surface area contributed by atoms with E-state index in [1.807, 2.05) is 60.7 Å². The van der Waals surface area contributed by atoms with Crippen molar-refractivity contribution >= 4 is 143 Å². The van der Waals surface area contributed by atoms with E-state index in [0.29, 0.717) is 74.2 Å². The third-order valence-corrected chi connectivity index (χ3v) is 15.4. The highest BCUT2D eigenvalue weighted by atomic mass is 32.2. The van der Waals surface area contributed by atoms with Gasteiger partial charge in [0, 0.05) is 34.1 Å². The van der Waals surface area contributed by atoms with Crippen molar-refractivity contribution in [3.8, 4) is 0 Å². The zero-order valence-corrected chi connectivity index (χ0v) is 46.7. The van der Waals surface area contributed by atoms with E-state index in [-0.39, 0.29) is 31.2 Å². The minimum Gasteiger partial charge on any atom is -0.339 e. The largest absolute Gasteiger partial charge is 0.339 e. The highest BCUT2D eigenvalue weighted by molar-refractivity contribution is 7.90. The molecule has 0 saturated heterocycles. The van der Waals surface area contributed by atoms with Crippen LogP contribution in [0.25, 0.3) is 33.2 Å². The molecule has 0 aliphatic carbocycles. The fourth-order valence-corrected chi connectivity index (χ4v) is 9.70. The molecule has 432 valence electrons. The molecule has 6 aromatic carbocycles. The second kappa shape index (κ2) is 24.1. The quantitative estimate of drug-likeness (QED) is 0.0499. The average Bonchev–Trinajstić information content (AvgIpc) is 4.03. The van der Waals surface area contributed by atoms with Gasteiger partial charge in [-0.05, 0) is 121 Å². The Balaban J connectivity index is 0.000000142. The number of anilines is 12. The SMILES string of the molecule is NS(=O)(=O)c1ccc(Nc2nc(Nc3ccc(S(N)(=O)=O)cc3)c3cnoc3n2)cc1.NS(=O)(=O)c1ccc(Nc2nc(Nc3ccccc3)c3cn[nH]c3n2)cc1.NS(=O)(=O)c1ccc(Nc2nc(Nc3ccccc3)nc3[nH]ncc23)cc1. The molecule has 85 heavy (non-hydrogen) atoms. The van der Waals surface area contributed by atoms with Crippen molar-refractivity contribution in [1.29, 1.82) is 0 Å². The van der Waals surface area contributed by atoms with Crippen LogP contribution >= 0.6 is 0 Å². The summed E-state index contributed by atoms with van der Waals surface area (Å²) >= 11 is 0. The summed E-state index contributed by atoms with van der Waals surface area (Å²) in [6.45, 7) is 0. The summed E-state index contributed by atoms with van der Waals surface area (Å²) in [5.41, 5.74) is 5.36. The van der Waals surface area contributed by atoms with Crippen LogP contribution in [-0.2, 0) is 40.1 Å². The summed E-state index contributed by atoms with van der Waals surface area (Å²) in [7, 11) is -15.1. The van der Waals surface area contributed by atoms with E-state index in [4.69, 9.17) is 25.1 Å². The number of rotatable bonds is 16. The first-order valence-corrected chi connectivity index (χ1v) is 30.5. The van der Waals surface area contributed by atoms with Gasteiger partial charge in [-0.1, -0.05) is 41.6 Å². The van der Waals surface area contributed by atoms with Crippen LogP contribution < -0.4 is 52.5 Å². The Hall–Kier alpha value is -10.6. The number of aromatic amines is 2. The van der Waals surface area contributed by atoms with Crippen molar-refractivity contribution in [3.63, 3.8) is 0 Å². The lowest BCUT2D eigenvalue weighted by molar-refractivity contribution is 0.449. The van der Waals surface area contributed by atoms with Crippen molar-refractivity contribution in [2.75, 3.05) is 31.9 Å². The number of fused-ring (bicyclic) bond motifs is 3. The Morgan fingerprint density at radius 3 is 0.965 bits per heavy atom. The van der Waals surface area contributed by atoms with E-state index in [0.717, 1.165) is 16.8 Å². The van der Waals surface area contributed by atoms with Gasteiger partial charge in [-0.3, -0.25) is 10.2 Å². The summed E-state index contributed by atoms with van der Waals surface area (Å²) in [6.07, 6.45) is 4.69. The summed E-state index contributed by atoms with van der Waals surface area (Å²) < 4.78 is 96.2. The van der Waals surface area contributed by atoms with Crippen molar-refractivity contribution < 1.29 is 38.2 Å². The molecule has 0 aliphatic rings. The number of primary sulfonamides is 4. The molecule has 30 nitrogen and oxygen atoms in total. The normalized spacial score (nSPS) is 11.7. The standard InChI is InChI=1S/C17H15N7O5S2.2C17H15N7O2S/c18-30(25,26)12-5-1-10(2-6-12)21-15-14-9-20-29-16(14)24-17(23-15)22-11-3-7-13(8-4-11)31(19,27)28;18-27(25,26)13-8-6-12(7-9-13)20-15-14-10-19-24-16(14)23-17(22-15)21-11-4-2-1-3-5-11;18-27(25,26)13-8-6-12(7-9-13)21-17-22-15(14-10-19-24-16(14)23-17)20-11-4-2-1-3-5-11/h1-9H,(H2,18,25,26)(H2,19,27,28)(H2,21,22,23,24);2*1-10H,(H2,18,25,26)(H3,19,20,21,22,23,24). The maximum atomic E-state index is 11.4. The van der Waals surface area contributed by atoms with Crippen LogP contribution in [0.15, 0.2) is 200 Å². The Kier molecular flexibility index (Phi) is 16.3. The molecule has 0 bridgehead atoms. The number of nitrogens with one attached hydrogen (secondary N) is 8. The van der Waals surface area contributed by atoms with Crippen LogP contribution in [0.2, 0.25) is 0 Å². The van der Waals surface area contributed by atoms with E-state index in [9.17, 15) is 33.7 Å². The minimum absolute atomic E-state index is 0.0267. The van der Waals surface area contributed by atoms with Crippen LogP contribution in [0.4, 0.5) is 69.4 Å². The first-order chi connectivity index (χ1) is 40.6. The van der Waals surface area contributed by atoms with Gasteiger partial charge < -0.3 is 36.4 Å². The minimum atomic E-state index is -3.81. The van der Waals surface area contributed by atoms with Crippen molar-refractivity contribution in [2.24, 2.45) is 20.6 Å². The van der Waals surface area contributed by atoms with E-state index < -0.39 is 40.1 Å². The molecule has 0 saturated carbocycles. The predicted molar refractivity (Wildman–Crippen MR) is 317 cm³/mol. The van der Waals surface area contributed by atoms with Gasteiger partial charge in [0.2, 0.25) is 57.9 Å². The Morgan fingerprint density at radius 2 is 0.624 bits per heavy atom. The van der Waals surface area contributed by atoms with E-state index >= 15 is 0 Å². The molecule has 0 radical (unpaired) electrons. The van der Waals surface area contributed by atoms with Crippen LogP contribution in [0.5, 0.6) is 0 Å². The van der Waals surface area contributed by atoms with Gasteiger partial charge in [0.15, 0.2) is 11.3 Å². The second-order valence-corrected chi connectivity index (χ2v) is 24.0. The zero-order chi connectivity index (χ0) is 59.9. The number of nitrogens with two attached hydrogens (primary N) is 4. The van der Waals surface area contributed by atoms with Gasteiger partial charge in [-0.25, -0.2) is 54.2 Å². The van der Waals surface area contributed by atoms with E-state index in [2.05, 4.69) is 87.4 Å². The Bertz CT molecular complexity index is 4820. The molecule has 12 rings (SSSR count). The summed E-state index contributed by atoms with van der Waals surface area (Å²) in [6, 6.07) is 42.7. The molecular formula is C51H45N21O9S4. The molecule has 0 aliphatic heterocycles. The molecule has 34 heteroatoms. The topological polar surface area (TPSA) is 474 Å². The maximum Gasteiger partial charge on any atom is 0.264 e. The lowest BCUT2D eigenvalue weighted by Crippen LogP contribution is -2.12. The highest BCUT2D eigenvalue weighted by Crippen LogP contribution is 2.30. The smallest absolute Gasteiger partial charge is 0.264 e. The molecule has 16 N–H and O–H groups in total. The van der Waals surface area contributed by atoms with Crippen LogP contribution in [0.1, 0.15) is 0 Å². The van der Waals surface area contributed by atoms with Gasteiger partial charge in [0.1, 0.15) is 22.8 Å². The highest BCUT2D eigenvalue weighted by Gasteiger charge is 2.17. The Morgan fingerprint density at radius 1 is 0.329 bits per heavy atom. The maximum absolute atomic E-state index is 11.4. The number of benzene rings is 6. The number of nitrogens with zero attached hydrogens (tertiary/aromatic N) is 9. The van der Waals surface area contributed by atoms with Gasteiger partial charge in [-0.2, -0.15) is 40.1 Å². The van der Waals surface area contributed by atoms with Gasteiger partial charge in [0.05, 0.1) is 48.9 Å². The molecular weight excluding hydrogens is 1180 g/mol. The summed E-state index contributed by atoms with van der Waals surface area (Å²) in [5, 5.41) is 58.3. The number of hydrogen-bond acceptors (Lipinski definition) is 24. The van der Waals surface area contributed by atoms with Crippen molar-refractivity contribution in [1.82, 2.24) is 55.5 Å². The summed E-state index contributed by atoms with van der Waals surface area (Å²) in [5.74, 6) is 2.32. The first-order valence-electron chi connectivity index (χ1n) is 24.4. The van der Waals surface area contributed by atoms with Crippen LogP contribution in [0.3, 0.4) is 0 Å². The van der Waals surface area contributed by atoms with Crippen LogP contribution in [-0.4, -0.2) is 89.1 Å². The first kappa shape index (κ1) is 57.6. The molecule has 6 aromatic heterocycles. The molecule has 0 spiro atoms. The number of hydrogen-bond donors (Lipinski definition) is 12. The lowest BCUT2D eigenvalue weighted by Gasteiger charge is -2.10. The van der Waals surface area contributed by atoms with Crippen molar-refractivity contribution in [2.45, 2.75) is 19.6 Å².